The Kier molecular flexibility index (Phi) is 8.74. The standard InChI is InChI=1S/C36H40N2O2S/c1-5-6-22-37(35(40)29-14-12-27(13-15-29)26-10-8-7-9-11-26)25-33(39)38-23-20-32-31(21-24-41-32)34(38)28-16-18-30(19-17-28)36(2,3)4/h7-19,21,24,34H,5-6,20,22-23,25H2,1-4H3. The summed E-state index contributed by atoms with van der Waals surface area (Å²) in [6.45, 7) is 10.0. The largest absolute Gasteiger partial charge is 0.330 e. The molecule has 0 aliphatic carbocycles. The van der Waals surface area contributed by atoms with Crippen LogP contribution in [0.4, 0.5) is 0 Å². The van der Waals surface area contributed by atoms with Crippen molar-refractivity contribution in [2.45, 2.75) is 58.4 Å². The van der Waals surface area contributed by atoms with Crippen LogP contribution in [0.1, 0.15) is 78.5 Å². The summed E-state index contributed by atoms with van der Waals surface area (Å²) in [6, 6.07) is 28.6. The molecule has 5 rings (SSSR count). The van der Waals surface area contributed by atoms with Crippen molar-refractivity contribution in [2.75, 3.05) is 19.6 Å². The molecule has 0 bridgehead atoms. The molecule has 0 saturated heterocycles. The van der Waals surface area contributed by atoms with E-state index in [1.807, 2.05) is 47.4 Å². The minimum atomic E-state index is -0.139. The van der Waals surface area contributed by atoms with Gasteiger partial charge < -0.3 is 9.80 Å². The number of benzene rings is 3. The number of hydrogen-bond acceptors (Lipinski definition) is 3. The second-order valence-corrected chi connectivity index (χ2v) is 12.9. The summed E-state index contributed by atoms with van der Waals surface area (Å²) in [6.07, 6.45) is 2.66. The molecule has 1 unspecified atom stereocenters. The Balaban J connectivity index is 1.38. The van der Waals surface area contributed by atoms with E-state index in [1.54, 1.807) is 16.2 Å². The highest BCUT2D eigenvalue weighted by molar-refractivity contribution is 7.10. The molecule has 1 aliphatic rings. The number of thiophene rings is 1. The van der Waals surface area contributed by atoms with Crippen molar-refractivity contribution in [3.63, 3.8) is 0 Å². The molecule has 4 nitrogen and oxygen atoms in total. The number of amides is 2. The third kappa shape index (κ3) is 6.46. The third-order valence-corrected chi connectivity index (χ3v) is 9.01. The van der Waals surface area contributed by atoms with E-state index in [4.69, 9.17) is 0 Å². The molecule has 41 heavy (non-hydrogen) atoms. The molecule has 1 aliphatic heterocycles. The molecule has 2 amide bonds. The SMILES string of the molecule is CCCCN(CC(=O)N1CCc2sccc2C1c1ccc(C(C)(C)C)cc1)C(=O)c1ccc(-c2ccccc2)cc1. The van der Waals surface area contributed by atoms with Crippen molar-refractivity contribution in [2.24, 2.45) is 0 Å². The molecule has 0 N–H and O–H groups in total. The molecule has 212 valence electrons. The van der Waals surface area contributed by atoms with Crippen LogP contribution >= 0.6 is 11.3 Å². The van der Waals surface area contributed by atoms with Gasteiger partial charge in [0, 0.05) is 23.5 Å². The Labute approximate surface area is 248 Å². The maximum Gasteiger partial charge on any atom is 0.254 e. The van der Waals surface area contributed by atoms with Gasteiger partial charge in [0.15, 0.2) is 0 Å². The van der Waals surface area contributed by atoms with Gasteiger partial charge in [0.1, 0.15) is 6.54 Å². The normalized spacial score (nSPS) is 14.9. The Bertz CT molecular complexity index is 1470. The second kappa shape index (κ2) is 12.4. The lowest BCUT2D eigenvalue weighted by molar-refractivity contribution is -0.134. The van der Waals surface area contributed by atoms with Gasteiger partial charge in [0.2, 0.25) is 5.91 Å². The first kappa shape index (κ1) is 28.8. The first-order valence-corrected chi connectivity index (χ1v) is 15.5. The van der Waals surface area contributed by atoms with Gasteiger partial charge in [-0.3, -0.25) is 9.59 Å². The molecule has 1 aromatic heterocycles. The zero-order valence-corrected chi connectivity index (χ0v) is 25.4. The first-order chi connectivity index (χ1) is 19.8. The van der Waals surface area contributed by atoms with Crippen LogP contribution in [0.5, 0.6) is 0 Å². The Hall–Kier alpha value is -3.70. The average Bonchev–Trinajstić information content (AvgIpc) is 3.47. The van der Waals surface area contributed by atoms with Gasteiger partial charge in [-0.05, 0) is 69.7 Å². The van der Waals surface area contributed by atoms with Gasteiger partial charge in [-0.15, -0.1) is 11.3 Å². The van der Waals surface area contributed by atoms with Crippen LogP contribution in [0.3, 0.4) is 0 Å². The van der Waals surface area contributed by atoms with E-state index in [-0.39, 0.29) is 29.8 Å². The number of fused-ring (bicyclic) bond motifs is 1. The monoisotopic (exact) mass is 564 g/mol. The fraction of sp³-hybridized carbons (Fsp3) is 0.333. The highest BCUT2D eigenvalue weighted by Crippen LogP contribution is 2.38. The van der Waals surface area contributed by atoms with Crippen LogP contribution in [-0.2, 0) is 16.6 Å². The fourth-order valence-corrected chi connectivity index (χ4v) is 6.49. The fourth-order valence-electron chi connectivity index (χ4n) is 5.58. The highest BCUT2D eigenvalue weighted by atomic mass is 32.1. The van der Waals surface area contributed by atoms with Gasteiger partial charge in [-0.2, -0.15) is 0 Å². The lowest BCUT2D eigenvalue weighted by Gasteiger charge is -2.38. The quantitative estimate of drug-likeness (QED) is 0.217. The molecule has 0 spiro atoms. The predicted molar refractivity (Wildman–Crippen MR) is 169 cm³/mol. The number of nitrogens with zero attached hydrogens (tertiary/aromatic N) is 2. The molecule has 0 fully saturated rings. The molecule has 2 heterocycles. The maximum absolute atomic E-state index is 14.0. The zero-order chi connectivity index (χ0) is 29.0. The number of rotatable bonds is 8. The van der Waals surface area contributed by atoms with Gasteiger partial charge in [0.05, 0.1) is 6.04 Å². The summed E-state index contributed by atoms with van der Waals surface area (Å²) in [5.74, 6) is -0.0946. The third-order valence-electron chi connectivity index (χ3n) is 8.01. The molecule has 1 atom stereocenters. The van der Waals surface area contributed by atoms with E-state index in [2.05, 4.69) is 75.5 Å². The molecule has 3 aromatic carbocycles. The van der Waals surface area contributed by atoms with E-state index < -0.39 is 0 Å². The Morgan fingerprint density at radius 2 is 1.59 bits per heavy atom. The molecular weight excluding hydrogens is 524 g/mol. The summed E-state index contributed by atoms with van der Waals surface area (Å²) in [7, 11) is 0. The average molecular weight is 565 g/mol. The highest BCUT2D eigenvalue weighted by Gasteiger charge is 2.34. The summed E-state index contributed by atoms with van der Waals surface area (Å²) in [4.78, 5) is 32.8. The number of unbranched alkanes of at least 4 members (excludes halogenated alkanes) is 1. The van der Waals surface area contributed by atoms with Gasteiger partial charge in [-0.1, -0.05) is 101 Å². The van der Waals surface area contributed by atoms with Crippen molar-refractivity contribution in [3.8, 4) is 11.1 Å². The van der Waals surface area contributed by atoms with E-state index in [0.717, 1.165) is 36.0 Å². The van der Waals surface area contributed by atoms with Crippen molar-refractivity contribution < 1.29 is 9.59 Å². The Morgan fingerprint density at radius 3 is 2.24 bits per heavy atom. The second-order valence-electron chi connectivity index (χ2n) is 11.9. The smallest absolute Gasteiger partial charge is 0.254 e. The summed E-state index contributed by atoms with van der Waals surface area (Å²) in [5, 5.41) is 2.13. The minimum Gasteiger partial charge on any atom is -0.330 e. The number of carbonyl (C=O) groups excluding carboxylic acids is 2. The van der Waals surface area contributed by atoms with Crippen LogP contribution in [-0.4, -0.2) is 41.2 Å². The van der Waals surface area contributed by atoms with E-state index >= 15 is 0 Å². The van der Waals surface area contributed by atoms with Crippen molar-refractivity contribution in [1.82, 2.24) is 9.80 Å². The number of hydrogen-bond donors (Lipinski definition) is 0. The molecule has 0 radical (unpaired) electrons. The topological polar surface area (TPSA) is 40.6 Å². The van der Waals surface area contributed by atoms with E-state index in [1.165, 1.54) is 16.0 Å². The summed E-state index contributed by atoms with van der Waals surface area (Å²) < 4.78 is 0. The summed E-state index contributed by atoms with van der Waals surface area (Å²) >= 11 is 1.77. The predicted octanol–water partition coefficient (Wildman–Crippen LogP) is 8.13. The van der Waals surface area contributed by atoms with Gasteiger partial charge in [-0.25, -0.2) is 0 Å². The van der Waals surface area contributed by atoms with E-state index in [0.29, 0.717) is 18.7 Å². The lowest BCUT2D eigenvalue weighted by Crippen LogP contribution is -2.47. The summed E-state index contributed by atoms with van der Waals surface area (Å²) in [5.41, 5.74) is 6.46. The van der Waals surface area contributed by atoms with Crippen LogP contribution in [0.2, 0.25) is 0 Å². The van der Waals surface area contributed by atoms with Crippen LogP contribution < -0.4 is 0 Å². The van der Waals surface area contributed by atoms with Crippen molar-refractivity contribution in [3.05, 3.63) is 117 Å². The Morgan fingerprint density at radius 1 is 0.902 bits per heavy atom. The number of carbonyl (C=O) groups is 2. The van der Waals surface area contributed by atoms with Gasteiger partial charge in [0.25, 0.3) is 5.91 Å². The van der Waals surface area contributed by atoms with Crippen LogP contribution in [0.25, 0.3) is 11.1 Å². The molecule has 4 aromatic rings. The molecule has 0 saturated carbocycles. The van der Waals surface area contributed by atoms with E-state index in [9.17, 15) is 9.59 Å². The van der Waals surface area contributed by atoms with Crippen LogP contribution in [0.15, 0.2) is 90.3 Å². The lowest BCUT2D eigenvalue weighted by atomic mass is 9.85. The maximum atomic E-state index is 14.0. The van der Waals surface area contributed by atoms with Crippen molar-refractivity contribution >= 4 is 23.2 Å². The van der Waals surface area contributed by atoms with Crippen LogP contribution in [0, 0.1) is 0 Å². The van der Waals surface area contributed by atoms with Gasteiger partial charge >= 0.3 is 0 Å². The zero-order valence-electron chi connectivity index (χ0n) is 24.6. The van der Waals surface area contributed by atoms with Crippen molar-refractivity contribution in [1.29, 1.82) is 0 Å². The molecule has 5 heteroatoms. The minimum absolute atomic E-state index is 0.00268. The molecular formula is C36H40N2O2S. The first-order valence-electron chi connectivity index (χ1n) is 14.7.